The molecule has 0 fully saturated rings. The Labute approximate surface area is 140 Å². The number of nitrogens with one attached hydrogen (secondary N) is 2. The molecule has 6 heteroatoms. The van der Waals surface area contributed by atoms with Crippen molar-refractivity contribution in [1.29, 1.82) is 0 Å². The molecule has 2 amide bonds. The fourth-order valence-corrected chi connectivity index (χ4v) is 1.97. The number of benzene rings is 2. The fraction of sp³-hybridized carbons (Fsp3) is 0.222. The Morgan fingerprint density at radius 3 is 2.21 bits per heavy atom. The molecule has 0 radical (unpaired) electrons. The number of hydrazine groups is 1. The third-order valence-corrected chi connectivity index (χ3v) is 3.27. The lowest BCUT2D eigenvalue weighted by molar-refractivity contribution is -0.132. The number of amides is 2. The molecule has 1 atom stereocenters. The molecule has 0 aliphatic carbocycles. The zero-order valence-electron chi connectivity index (χ0n) is 13.6. The van der Waals surface area contributed by atoms with E-state index in [1.807, 2.05) is 30.3 Å². The van der Waals surface area contributed by atoms with Crippen LogP contribution in [0.5, 0.6) is 11.5 Å². The first kappa shape index (κ1) is 17.3. The van der Waals surface area contributed by atoms with E-state index < -0.39 is 12.0 Å². The normalized spacial score (nSPS) is 11.2. The molecule has 1 unspecified atom stereocenters. The molecule has 0 bridgehead atoms. The van der Waals surface area contributed by atoms with E-state index in [1.165, 1.54) is 0 Å². The summed E-state index contributed by atoms with van der Waals surface area (Å²) >= 11 is 0. The topological polar surface area (TPSA) is 76.7 Å². The van der Waals surface area contributed by atoms with Gasteiger partial charge in [-0.2, -0.15) is 0 Å². The van der Waals surface area contributed by atoms with Gasteiger partial charge in [0.1, 0.15) is 11.5 Å². The van der Waals surface area contributed by atoms with Gasteiger partial charge in [0.05, 0.1) is 13.5 Å². The summed E-state index contributed by atoms with van der Waals surface area (Å²) in [6.07, 6.45) is -0.565. The second-order valence-electron chi connectivity index (χ2n) is 5.14. The van der Waals surface area contributed by atoms with E-state index in [0.717, 1.165) is 5.56 Å². The van der Waals surface area contributed by atoms with Crippen molar-refractivity contribution in [3.63, 3.8) is 0 Å². The van der Waals surface area contributed by atoms with Crippen molar-refractivity contribution in [1.82, 2.24) is 10.9 Å². The molecule has 2 rings (SSSR count). The highest BCUT2D eigenvalue weighted by Crippen LogP contribution is 2.18. The SMILES string of the molecule is COc1ccc(OC(C)C(=O)NNC(=O)Cc2ccccc2)cc1. The van der Waals surface area contributed by atoms with Crippen LogP contribution >= 0.6 is 0 Å². The monoisotopic (exact) mass is 328 g/mol. The van der Waals surface area contributed by atoms with E-state index in [0.29, 0.717) is 11.5 Å². The third-order valence-electron chi connectivity index (χ3n) is 3.27. The molecule has 0 heterocycles. The standard InChI is InChI=1S/C18H20N2O4/c1-13(24-16-10-8-15(23-2)9-11-16)18(22)20-19-17(21)12-14-6-4-3-5-7-14/h3-11,13H,12H2,1-2H3,(H,19,21)(H,20,22). The number of methoxy groups -OCH3 is 1. The molecule has 0 aliphatic heterocycles. The quantitative estimate of drug-likeness (QED) is 0.794. The smallest absolute Gasteiger partial charge is 0.279 e. The summed E-state index contributed by atoms with van der Waals surface area (Å²) in [7, 11) is 1.57. The van der Waals surface area contributed by atoms with Crippen molar-refractivity contribution >= 4 is 11.8 Å². The summed E-state index contributed by atoms with van der Waals surface area (Å²) in [4.78, 5) is 23.7. The van der Waals surface area contributed by atoms with Gasteiger partial charge in [0, 0.05) is 0 Å². The Morgan fingerprint density at radius 2 is 1.58 bits per heavy atom. The van der Waals surface area contributed by atoms with Crippen LogP contribution in [0.4, 0.5) is 0 Å². The van der Waals surface area contributed by atoms with E-state index in [9.17, 15) is 9.59 Å². The molecule has 126 valence electrons. The Hall–Kier alpha value is -3.02. The van der Waals surface area contributed by atoms with Crippen LogP contribution in [0.25, 0.3) is 0 Å². The van der Waals surface area contributed by atoms with Gasteiger partial charge in [0.25, 0.3) is 5.91 Å². The molecular weight excluding hydrogens is 308 g/mol. The highest BCUT2D eigenvalue weighted by atomic mass is 16.5. The van der Waals surface area contributed by atoms with E-state index in [2.05, 4.69) is 10.9 Å². The minimum atomic E-state index is -0.754. The largest absolute Gasteiger partial charge is 0.497 e. The van der Waals surface area contributed by atoms with E-state index in [4.69, 9.17) is 9.47 Å². The minimum absolute atomic E-state index is 0.189. The molecule has 0 aromatic heterocycles. The summed E-state index contributed by atoms with van der Waals surface area (Å²) in [5.41, 5.74) is 5.60. The number of ether oxygens (including phenoxy) is 2. The van der Waals surface area contributed by atoms with Crippen LogP contribution in [0.3, 0.4) is 0 Å². The highest BCUT2D eigenvalue weighted by Gasteiger charge is 2.15. The van der Waals surface area contributed by atoms with Crippen LogP contribution in [-0.2, 0) is 16.0 Å². The predicted molar refractivity (Wildman–Crippen MR) is 89.5 cm³/mol. The van der Waals surface area contributed by atoms with Crippen molar-refractivity contribution in [2.45, 2.75) is 19.4 Å². The summed E-state index contributed by atoms with van der Waals surface area (Å²) < 4.78 is 10.6. The number of rotatable bonds is 6. The van der Waals surface area contributed by atoms with Crippen LogP contribution in [0.1, 0.15) is 12.5 Å². The number of hydrogen-bond acceptors (Lipinski definition) is 4. The maximum absolute atomic E-state index is 12.0. The number of carbonyl (C=O) groups is 2. The number of hydrogen-bond donors (Lipinski definition) is 2. The first-order valence-corrected chi connectivity index (χ1v) is 7.52. The molecule has 2 aromatic carbocycles. The van der Waals surface area contributed by atoms with Crippen LogP contribution < -0.4 is 20.3 Å². The van der Waals surface area contributed by atoms with Gasteiger partial charge in [-0.15, -0.1) is 0 Å². The average molecular weight is 328 g/mol. The molecule has 0 saturated carbocycles. The minimum Gasteiger partial charge on any atom is -0.497 e. The summed E-state index contributed by atoms with van der Waals surface area (Å²) in [5.74, 6) is 0.500. The van der Waals surface area contributed by atoms with Gasteiger partial charge in [-0.25, -0.2) is 0 Å². The zero-order valence-corrected chi connectivity index (χ0v) is 13.6. The molecule has 24 heavy (non-hydrogen) atoms. The highest BCUT2D eigenvalue weighted by molar-refractivity contribution is 5.85. The third kappa shape index (κ3) is 5.31. The van der Waals surface area contributed by atoms with Crippen LogP contribution in [0.15, 0.2) is 54.6 Å². The first-order chi connectivity index (χ1) is 11.6. The maximum atomic E-state index is 12.0. The zero-order chi connectivity index (χ0) is 17.4. The Balaban J connectivity index is 1.77. The lowest BCUT2D eigenvalue weighted by Gasteiger charge is -2.15. The van der Waals surface area contributed by atoms with Gasteiger partial charge in [-0.05, 0) is 36.8 Å². The fourth-order valence-electron chi connectivity index (χ4n) is 1.97. The molecule has 2 aromatic rings. The van der Waals surface area contributed by atoms with Crippen LogP contribution in [-0.4, -0.2) is 25.0 Å². The van der Waals surface area contributed by atoms with Crippen molar-refractivity contribution in [3.8, 4) is 11.5 Å². The summed E-state index contributed by atoms with van der Waals surface area (Å²) in [6.45, 7) is 1.60. The van der Waals surface area contributed by atoms with Gasteiger partial charge in [-0.1, -0.05) is 30.3 Å². The molecule has 6 nitrogen and oxygen atoms in total. The lowest BCUT2D eigenvalue weighted by atomic mass is 10.1. The average Bonchev–Trinajstić information content (AvgIpc) is 2.61. The Bertz CT molecular complexity index is 671. The van der Waals surface area contributed by atoms with Crippen molar-refractivity contribution < 1.29 is 19.1 Å². The van der Waals surface area contributed by atoms with Crippen molar-refractivity contribution in [3.05, 3.63) is 60.2 Å². The molecular formula is C18H20N2O4. The van der Waals surface area contributed by atoms with Gasteiger partial charge in [0.15, 0.2) is 6.10 Å². The molecule has 0 aliphatic rings. The second kappa shape index (κ2) is 8.57. The Kier molecular flexibility index (Phi) is 6.19. The molecule has 0 saturated heterocycles. The Morgan fingerprint density at radius 1 is 0.958 bits per heavy atom. The van der Waals surface area contributed by atoms with Gasteiger partial charge in [0.2, 0.25) is 5.91 Å². The van der Waals surface area contributed by atoms with Gasteiger partial charge < -0.3 is 9.47 Å². The lowest BCUT2D eigenvalue weighted by Crippen LogP contribution is -2.47. The number of carbonyl (C=O) groups excluding carboxylic acids is 2. The van der Waals surface area contributed by atoms with E-state index in [1.54, 1.807) is 38.3 Å². The van der Waals surface area contributed by atoms with Crippen LogP contribution in [0.2, 0.25) is 0 Å². The maximum Gasteiger partial charge on any atom is 0.279 e. The van der Waals surface area contributed by atoms with Crippen molar-refractivity contribution in [2.75, 3.05) is 7.11 Å². The molecule has 2 N–H and O–H groups in total. The summed E-state index contributed by atoms with van der Waals surface area (Å²) in [5, 5.41) is 0. The van der Waals surface area contributed by atoms with E-state index in [-0.39, 0.29) is 12.3 Å². The summed E-state index contributed by atoms with van der Waals surface area (Å²) in [6, 6.07) is 16.2. The first-order valence-electron chi connectivity index (χ1n) is 7.52. The van der Waals surface area contributed by atoms with Gasteiger partial charge >= 0.3 is 0 Å². The van der Waals surface area contributed by atoms with E-state index >= 15 is 0 Å². The predicted octanol–water partition coefficient (Wildman–Crippen LogP) is 1.85. The van der Waals surface area contributed by atoms with Gasteiger partial charge in [-0.3, -0.25) is 20.4 Å². The second-order valence-corrected chi connectivity index (χ2v) is 5.14. The van der Waals surface area contributed by atoms with Crippen molar-refractivity contribution in [2.24, 2.45) is 0 Å². The molecule has 0 spiro atoms. The van der Waals surface area contributed by atoms with Crippen LogP contribution in [0, 0.1) is 0 Å².